The molecule has 3 aromatic rings. The summed E-state index contributed by atoms with van der Waals surface area (Å²) < 4.78 is 14.6. The summed E-state index contributed by atoms with van der Waals surface area (Å²) in [5, 5.41) is 7.93. The number of carbonyl (C=O) groups excluding carboxylic acids is 2. The third kappa shape index (κ3) is 5.14. The van der Waals surface area contributed by atoms with Crippen LogP contribution in [-0.4, -0.2) is 64.5 Å². The number of H-pyrrole nitrogens is 1. The van der Waals surface area contributed by atoms with Crippen molar-refractivity contribution in [2.75, 3.05) is 32.7 Å². The molecule has 4 N–H and O–H groups in total. The number of nitrogens with one attached hydrogen (secondary N) is 1. The molecule has 4 rings (SSSR count). The number of unbranched alkanes of at least 4 members (excludes halogenated alkanes) is 1. The zero-order valence-corrected chi connectivity index (χ0v) is 19.1. The van der Waals surface area contributed by atoms with Gasteiger partial charge in [-0.15, -0.1) is 0 Å². The van der Waals surface area contributed by atoms with E-state index in [1.165, 1.54) is 6.07 Å². The average molecular weight is 467 g/mol. The zero-order valence-electron chi connectivity index (χ0n) is 19.1. The van der Waals surface area contributed by atoms with E-state index in [0.29, 0.717) is 55.7 Å². The molecule has 8 nitrogen and oxygen atoms in total. The van der Waals surface area contributed by atoms with Crippen LogP contribution in [0.3, 0.4) is 0 Å². The van der Waals surface area contributed by atoms with Crippen LogP contribution in [0.15, 0.2) is 47.3 Å². The highest BCUT2D eigenvalue weighted by atomic mass is 19.1. The molecular weight excluding hydrogens is 437 g/mol. The molecule has 1 aliphatic rings. The van der Waals surface area contributed by atoms with Gasteiger partial charge in [-0.3, -0.25) is 14.4 Å². The summed E-state index contributed by atoms with van der Waals surface area (Å²) in [5.74, 6) is -0.878. The lowest BCUT2D eigenvalue weighted by Crippen LogP contribution is -2.51. The fourth-order valence-electron chi connectivity index (χ4n) is 4.29. The summed E-state index contributed by atoms with van der Waals surface area (Å²) in [6.07, 6.45) is 2.57. The Morgan fingerprint density at radius 1 is 1.00 bits per heavy atom. The quantitative estimate of drug-likeness (QED) is 0.512. The van der Waals surface area contributed by atoms with Gasteiger partial charge in [-0.05, 0) is 36.6 Å². The average Bonchev–Trinajstić information content (AvgIpc) is 2.87. The lowest BCUT2D eigenvalue weighted by Gasteiger charge is -2.35. The van der Waals surface area contributed by atoms with E-state index in [-0.39, 0.29) is 22.9 Å². The molecule has 0 aliphatic carbocycles. The molecular formula is C25H29FN5O3+. The molecule has 0 spiro atoms. The molecule has 2 aromatic carbocycles. The van der Waals surface area contributed by atoms with Gasteiger partial charge in [0.25, 0.3) is 11.5 Å². The van der Waals surface area contributed by atoms with E-state index in [1.54, 1.807) is 34.1 Å². The number of aromatic amines is 1. The highest BCUT2D eigenvalue weighted by molar-refractivity contribution is 5.95. The van der Waals surface area contributed by atoms with Gasteiger partial charge in [0, 0.05) is 44.4 Å². The lowest BCUT2D eigenvalue weighted by molar-refractivity contribution is -0.368. The van der Waals surface area contributed by atoms with Crippen LogP contribution in [0.4, 0.5) is 4.39 Å². The molecule has 178 valence electrons. The lowest BCUT2D eigenvalue weighted by atomic mass is 10.0. The number of hydrogen-bond acceptors (Lipinski definition) is 4. The van der Waals surface area contributed by atoms with Crippen LogP contribution in [0.5, 0.6) is 0 Å². The van der Waals surface area contributed by atoms with Crippen molar-refractivity contribution in [1.82, 2.24) is 20.0 Å². The molecule has 1 aromatic heterocycles. The second-order valence-corrected chi connectivity index (χ2v) is 8.52. The number of aromatic nitrogens is 2. The summed E-state index contributed by atoms with van der Waals surface area (Å²) in [7, 11) is 0. The molecule has 1 saturated heterocycles. The van der Waals surface area contributed by atoms with Crippen molar-refractivity contribution in [1.29, 1.82) is 0 Å². The van der Waals surface area contributed by atoms with Gasteiger partial charge in [0.1, 0.15) is 5.82 Å². The normalized spacial score (nSPS) is 13.9. The minimum Gasteiger partial charge on any atom is -0.358 e. The van der Waals surface area contributed by atoms with Crippen LogP contribution in [-0.2, 0) is 11.2 Å². The maximum absolute atomic E-state index is 14.6. The standard InChI is InChI=1S/C25H28FN5O3/c26-21-9-8-17(16-22-18-5-1-2-6-19(18)24(33)29-28-22)15-20(21)25(34)31-13-11-30(12-14-31)23(32)7-3-4-10-27/h1-2,5-6,8-9,15H,3-4,7,10-14,16,27H2,(H,29,33)/p+1. The van der Waals surface area contributed by atoms with E-state index >= 15 is 0 Å². The van der Waals surface area contributed by atoms with E-state index in [2.05, 4.69) is 15.9 Å². The molecule has 1 aliphatic heterocycles. The third-order valence-corrected chi connectivity index (χ3v) is 6.22. The number of rotatable bonds is 7. The summed E-state index contributed by atoms with van der Waals surface area (Å²) in [6, 6.07) is 11.6. The van der Waals surface area contributed by atoms with Crippen LogP contribution in [0.25, 0.3) is 10.8 Å². The first-order valence-corrected chi connectivity index (χ1v) is 11.6. The minimum atomic E-state index is -0.584. The highest BCUT2D eigenvalue weighted by Crippen LogP contribution is 2.20. The molecule has 2 heterocycles. The number of amides is 2. The van der Waals surface area contributed by atoms with Crippen LogP contribution in [0.2, 0.25) is 0 Å². The first kappa shape index (κ1) is 23.6. The van der Waals surface area contributed by atoms with Crippen molar-refractivity contribution < 1.29 is 19.7 Å². The van der Waals surface area contributed by atoms with E-state index in [0.717, 1.165) is 24.8 Å². The topological polar surface area (TPSA) is 114 Å². The van der Waals surface area contributed by atoms with Gasteiger partial charge in [0.05, 0.1) is 23.2 Å². The van der Waals surface area contributed by atoms with Crippen LogP contribution in [0, 0.1) is 5.82 Å². The van der Waals surface area contributed by atoms with Crippen molar-refractivity contribution >= 4 is 22.6 Å². The first-order chi connectivity index (χ1) is 16.5. The summed E-state index contributed by atoms with van der Waals surface area (Å²) in [4.78, 5) is 40.8. The fraction of sp³-hybridized carbons (Fsp3) is 0.360. The largest absolute Gasteiger partial charge is 0.358 e. The molecule has 34 heavy (non-hydrogen) atoms. The highest BCUT2D eigenvalue weighted by Gasteiger charge is 2.26. The Kier molecular flexibility index (Phi) is 7.32. The molecule has 0 atom stereocenters. The van der Waals surface area contributed by atoms with Gasteiger partial charge in [0.15, 0.2) is 0 Å². The molecule has 9 heteroatoms. The number of piperazine rings is 1. The van der Waals surface area contributed by atoms with Crippen LogP contribution < -0.4 is 11.3 Å². The predicted molar refractivity (Wildman–Crippen MR) is 126 cm³/mol. The van der Waals surface area contributed by atoms with Crippen molar-refractivity contribution in [3.05, 3.63) is 75.5 Å². The molecule has 0 radical (unpaired) electrons. The van der Waals surface area contributed by atoms with Gasteiger partial charge in [-0.2, -0.15) is 5.10 Å². The Balaban J connectivity index is 1.46. The minimum absolute atomic E-state index is 0.00134. The Morgan fingerprint density at radius 2 is 1.71 bits per heavy atom. The Bertz CT molecular complexity index is 1250. The van der Waals surface area contributed by atoms with Crippen LogP contribution >= 0.6 is 0 Å². The monoisotopic (exact) mass is 466 g/mol. The van der Waals surface area contributed by atoms with Crippen molar-refractivity contribution in [3.63, 3.8) is 0 Å². The Labute approximate surface area is 196 Å². The molecule has 2 amide bonds. The van der Waals surface area contributed by atoms with E-state index < -0.39 is 5.82 Å². The van der Waals surface area contributed by atoms with Gasteiger partial charge in [-0.25, -0.2) is 9.49 Å². The first-order valence-electron chi connectivity index (χ1n) is 11.6. The fourth-order valence-corrected chi connectivity index (χ4v) is 4.29. The van der Waals surface area contributed by atoms with Crippen molar-refractivity contribution in [2.45, 2.75) is 25.7 Å². The van der Waals surface area contributed by atoms with Gasteiger partial charge in [0.2, 0.25) is 5.91 Å². The second-order valence-electron chi connectivity index (χ2n) is 8.52. The third-order valence-electron chi connectivity index (χ3n) is 6.22. The van der Waals surface area contributed by atoms with Crippen molar-refractivity contribution in [3.8, 4) is 0 Å². The number of hydrogen-bond donors (Lipinski definition) is 2. The zero-order chi connectivity index (χ0) is 24.1. The number of carbonyl (C=O) groups is 2. The van der Waals surface area contributed by atoms with E-state index in [9.17, 15) is 18.8 Å². The second kappa shape index (κ2) is 10.6. The molecule has 0 bridgehead atoms. The molecule has 0 unspecified atom stereocenters. The van der Waals surface area contributed by atoms with Gasteiger partial charge in [-0.1, -0.05) is 24.3 Å². The summed E-state index contributed by atoms with van der Waals surface area (Å²) >= 11 is 0. The van der Waals surface area contributed by atoms with E-state index in [4.69, 9.17) is 0 Å². The van der Waals surface area contributed by atoms with Gasteiger partial charge < -0.3 is 15.5 Å². The van der Waals surface area contributed by atoms with Gasteiger partial charge >= 0.3 is 0 Å². The number of benzene rings is 2. The van der Waals surface area contributed by atoms with E-state index in [1.807, 2.05) is 12.1 Å². The number of nitrogens with zero attached hydrogens (tertiary/aromatic N) is 3. The summed E-state index contributed by atoms with van der Waals surface area (Å²) in [5.41, 5.74) is 4.88. The number of halogens is 1. The molecule has 1 fully saturated rings. The van der Waals surface area contributed by atoms with Crippen LogP contribution in [0.1, 0.15) is 40.9 Å². The smallest absolute Gasteiger partial charge is 0.272 e. The summed E-state index contributed by atoms with van der Waals surface area (Å²) in [6.45, 7) is 2.45. The maximum Gasteiger partial charge on any atom is 0.272 e. The SMILES string of the molecule is [NH3+]CCCCC(=O)N1CCN(C(=O)c2cc(Cc3n[nH]c(=O)c4ccccc34)ccc2F)CC1. The Hall–Kier alpha value is -3.59. The molecule has 0 saturated carbocycles. The Morgan fingerprint density at radius 3 is 2.44 bits per heavy atom. The predicted octanol–water partition coefficient (Wildman–Crippen LogP) is 1.35. The van der Waals surface area contributed by atoms with Crippen molar-refractivity contribution in [2.24, 2.45) is 0 Å². The number of fused-ring (bicyclic) bond motifs is 1. The number of quaternary nitrogens is 1. The maximum atomic E-state index is 14.6.